The summed E-state index contributed by atoms with van der Waals surface area (Å²) in [5, 5.41) is 0. The number of ether oxygens (including phenoxy) is 2. The Hall–Kier alpha value is -4.46. The monoisotopic (exact) mass is 730 g/mol. The molecule has 0 spiro atoms. The van der Waals surface area contributed by atoms with Crippen molar-refractivity contribution in [1.29, 1.82) is 0 Å². The molecule has 8 heteroatoms. The molecule has 54 heavy (non-hydrogen) atoms. The second-order valence-electron chi connectivity index (χ2n) is 15.2. The van der Waals surface area contributed by atoms with Crippen molar-refractivity contribution < 1.29 is 19.1 Å². The van der Waals surface area contributed by atoms with Gasteiger partial charge in [-0.25, -0.2) is 9.59 Å². The first kappa shape index (κ1) is 37.8. The van der Waals surface area contributed by atoms with Gasteiger partial charge in [-0.15, -0.1) is 0 Å². The molecule has 0 aromatic carbocycles. The number of hydrogen-bond acceptors (Lipinski definition) is 6. The van der Waals surface area contributed by atoms with Gasteiger partial charge < -0.3 is 19.4 Å². The fourth-order valence-electron chi connectivity index (χ4n) is 11.0. The number of aromatic amines is 2. The highest BCUT2D eigenvalue weighted by atomic mass is 16.5. The van der Waals surface area contributed by atoms with Gasteiger partial charge in [0.25, 0.3) is 0 Å². The van der Waals surface area contributed by atoms with Crippen LogP contribution in [0.25, 0.3) is 34.2 Å². The van der Waals surface area contributed by atoms with Gasteiger partial charge in [-0.2, -0.15) is 0 Å². The predicted molar refractivity (Wildman–Crippen MR) is 218 cm³/mol. The van der Waals surface area contributed by atoms with E-state index in [1.165, 1.54) is 22.3 Å². The predicted octanol–water partition coefficient (Wildman–Crippen LogP) is 10.2. The fourth-order valence-corrected chi connectivity index (χ4v) is 11.0. The van der Waals surface area contributed by atoms with E-state index in [9.17, 15) is 9.59 Å². The Morgan fingerprint density at radius 3 is 1.26 bits per heavy atom. The van der Waals surface area contributed by atoms with E-state index in [2.05, 4.69) is 89.6 Å². The first-order chi connectivity index (χ1) is 26.1. The van der Waals surface area contributed by atoms with E-state index < -0.39 is 10.8 Å². The Morgan fingerprint density at radius 1 is 0.593 bits per heavy atom. The molecule has 7 rings (SSSR count). The first-order valence-electron chi connectivity index (χ1n) is 20.8. The Balaban J connectivity index is 1.74. The van der Waals surface area contributed by atoms with E-state index in [0.717, 1.165) is 107 Å². The SMILES string of the molecule is CCOC(=O)C1=Cc2c3nc(cc4[nH]c(c5c6nc(cc7[nH]c2c(CC)c7CC)[C@@H](CC)[C@]6(CC)C(C(=O)OCC)=C5)c(CC)c4CC)[C@H](CC)[C@@]13CC. The van der Waals surface area contributed by atoms with Crippen LogP contribution in [0.1, 0.15) is 163 Å². The largest absolute Gasteiger partial charge is 0.463 e. The normalized spacial score (nSPS) is 22.4. The summed E-state index contributed by atoms with van der Waals surface area (Å²) in [7, 11) is 0. The summed E-state index contributed by atoms with van der Waals surface area (Å²) in [6.45, 7) is 22.0. The summed E-state index contributed by atoms with van der Waals surface area (Å²) in [5.41, 5.74) is 15.1. The molecule has 3 aromatic heterocycles. The molecule has 5 heterocycles. The molecule has 2 aliphatic heterocycles. The number of carbonyl (C=O) groups is 2. The van der Waals surface area contributed by atoms with Crippen LogP contribution in [0.3, 0.4) is 0 Å². The number of rotatable bonds is 12. The van der Waals surface area contributed by atoms with E-state index in [1.54, 1.807) is 0 Å². The van der Waals surface area contributed by atoms with Crippen LogP contribution in [-0.2, 0) is 55.6 Å². The van der Waals surface area contributed by atoms with E-state index in [0.29, 0.717) is 24.4 Å². The lowest BCUT2D eigenvalue weighted by molar-refractivity contribution is -0.140. The smallest absolute Gasteiger partial charge is 0.335 e. The van der Waals surface area contributed by atoms with Crippen LogP contribution in [-0.4, -0.2) is 45.1 Å². The number of esters is 2. The lowest BCUT2D eigenvalue weighted by atomic mass is 9.67. The van der Waals surface area contributed by atoms with Gasteiger partial charge in [0.2, 0.25) is 0 Å². The van der Waals surface area contributed by atoms with Crippen LogP contribution in [0, 0.1) is 0 Å². The lowest BCUT2D eigenvalue weighted by Crippen LogP contribution is -2.34. The van der Waals surface area contributed by atoms with Gasteiger partial charge in [-0.3, -0.25) is 9.97 Å². The molecule has 3 aromatic rings. The van der Waals surface area contributed by atoms with Gasteiger partial charge in [0.05, 0.1) is 57.6 Å². The summed E-state index contributed by atoms with van der Waals surface area (Å²) in [5.74, 6) is -0.571. The van der Waals surface area contributed by atoms with Crippen LogP contribution >= 0.6 is 0 Å². The van der Waals surface area contributed by atoms with E-state index >= 15 is 0 Å². The molecule has 8 nitrogen and oxygen atoms in total. The summed E-state index contributed by atoms with van der Waals surface area (Å²) in [6, 6.07) is 4.50. The minimum absolute atomic E-state index is 0.0250. The van der Waals surface area contributed by atoms with Gasteiger partial charge in [0.15, 0.2) is 0 Å². The molecule has 0 saturated heterocycles. The number of nitrogens with one attached hydrogen (secondary N) is 2. The molecular formula is C46H58N4O4. The molecule has 2 aliphatic carbocycles. The molecular weight excluding hydrogens is 673 g/mol. The zero-order valence-electron chi connectivity index (χ0n) is 34.1. The number of fused-ring (bicyclic) bond motifs is 8. The van der Waals surface area contributed by atoms with Crippen molar-refractivity contribution in [2.75, 3.05) is 13.2 Å². The van der Waals surface area contributed by atoms with Crippen molar-refractivity contribution in [2.24, 2.45) is 0 Å². The van der Waals surface area contributed by atoms with Gasteiger partial charge in [0.1, 0.15) is 0 Å². The molecule has 0 fully saturated rings. The van der Waals surface area contributed by atoms with Gasteiger partial charge in [-0.05, 0) is 112 Å². The third-order valence-corrected chi connectivity index (χ3v) is 13.2. The Labute approximate surface area is 320 Å². The second-order valence-corrected chi connectivity index (χ2v) is 15.2. The number of hydrogen-bond donors (Lipinski definition) is 2. The highest BCUT2D eigenvalue weighted by Gasteiger charge is 2.56. The van der Waals surface area contributed by atoms with Crippen LogP contribution in [0.4, 0.5) is 0 Å². The van der Waals surface area contributed by atoms with Crippen LogP contribution in [0.15, 0.2) is 23.3 Å². The average molecular weight is 731 g/mol. The number of aromatic nitrogens is 4. The van der Waals surface area contributed by atoms with Crippen molar-refractivity contribution in [3.8, 4) is 0 Å². The maximum absolute atomic E-state index is 14.0. The van der Waals surface area contributed by atoms with Gasteiger partial charge in [-0.1, -0.05) is 55.4 Å². The van der Waals surface area contributed by atoms with Gasteiger partial charge >= 0.3 is 11.9 Å². The Kier molecular flexibility index (Phi) is 10.0. The topological polar surface area (TPSA) is 110 Å². The van der Waals surface area contributed by atoms with Crippen molar-refractivity contribution in [3.63, 3.8) is 0 Å². The number of aryl methyl sites for hydroxylation is 4. The minimum atomic E-state index is -0.609. The zero-order chi connectivity index (χ0) is 38.7. The van der Waals surface area contributed by atoms with Crippen LogP contribution in [0.5, 0.6) is 0 Å². The van der Waals surface area contributed by atoms with E-state index in [1.807, 2.05) is 13.8 Å². The standard InChI is InChI=1S/C46H58N4O4/c1-11-25-27(13-3)39-29-21-33(43(51)53-19-9)46(18-8)32(16-6)38(50-41(29)46)24-36-26(12-2)28(14-4)40(48-36)30-22-34(44(52)54-20-10)45(17-7)31(15-5)37(49-42(30)45)23-35(25)47-39/h21-24,31-32,47-48H,11-20H2,1-10H3/t31-,32+,45-,46+. The molecule has 4 atom stereocenters. The van der Waals surface area contributed by atoms with Crippen molar-refractivity contribution >= 4 is 46.2 Å². The quantitative estimate of drug-likeness (QED) is 0.180. The summed E-state index contributed by atoms with van der Waals surface area (Å²) in [6.07, 6.45) is 10.5. The molecule has 4 aliphatic rings. The molecule has 0 saturated carbocycles. The number of nitrogens with zero attached hydrogens (tertiary/aromatic N) is 2. The number of H-pyrrole nitrogens is 2. The maximum Gasteiger partial charge on any atom is 0.335 e. The van der Waals surface area contributed by atoms with E-state index in [4.69, 9.17) is 19.4 Å². The Morgan fingerprint density at radius 2 is 0.963 bits per heavy atom. The van der Waals surface area contributed by atoms with E-state index in [-0.39, 0.29) is 23.8 Å². The third-order valence-electron chi connectivity index (χ3n) is 13.2. The first-order valence-corrected chi connectivity index (χ1v) is 20.8. The fraction of sp³-hybridized carbons (Fsp3) is 0.522. The highest BCUT2D eigenvalue weighted by Crippen LogP contribution is 2.59. The molecule has 2 N–H and O–H groups in total. The van der Waals surface area contributed by atoms with Crippen molar-refractivity contribution in [2.45, 2.75) is 143 Å². The second kappa shape index (κ2) is 14.3. The molecule has 286 valence electrons. The van der Waals surface area contributed by atoms with Crippen LogP contribution in [0.2, 0.25) is 0 Å². The summed E-state index contributed by atoms with van der Waals surface area (Å²) in [4.78, 5) is 47.0. The summed E-state index contributed by atoms with van der Waals surface area (Å²) >= 11 is 0. The number of carbonyl (C=O) groups excluding carboxylic acids is 2. The van der Waals surface area contributed by atoms with Gasteiger partial charge in [0, 0.05) is 45.4 Å². The molecule has 0 radical (unpaired) electrons. The van der Waals surface area contributed by atoms with Crippen molar-refractivity contribution in [3.05, 3.63) is 79.4 Å². The minimum Gasteiger partial charge on any atom is -0.463 e. The average Bonchev–Trinajstić information content (AvgIpc) is 3.98. The zero-order valence-corrected chi connectivity index (χ0v) is 34.1. The molecule has 0 unspecified atom stereocenters. The molecule has 8 bridgehead atoms. The molecule has 0 amide bonds. The van der Waals surface area contributed by atoms with Crippen LogP contribution < -0.4 is 0 Å². The highest BCUT2D eigenvalue weighted by molar-refractivity contribution is 6.04. The lowest BCUT2D eigenvalue weighted by Gasteiger charge is -2.33. The summed E-state index contributed by atoms with van der Waals surface area (Å²) < 4.78 is 11.6. The third kappa shape index (κ3) is 5.00. The van der Waals surface area contributed by atoms with Crippen molar-refractivity contribution in [1.82, 2.24) is 19.9 Å². The Bertz CT molecular complexity index is 2110. The maximum atomic E-state index is 14.0.